The minimum atomic E-state index is -0.437. The summed E-state index contributed by atoms with van der Waals surface area (Å²) in [6.45, 7) is 8.06. The van der Waals surface area contributed by atoms with Crippen LogP contribution in [0.25, 0.3) is 11.3 Å². The number of piperazine rings is 1. The van der Waals surface area contributed by atoms with Crippen molar-refractivity contribution in [3.63, 3.8) is 0 Å². The van der Waals surface area contributed by atoms with Crippen molar-refractivity contribution in [3.05, 3.63) is 53.6 Å². The Kier molecular flexibility index (Phi) is 5.48. The van der Waals surface area contributed by atoms with Gasteiger partial charge in [0.15, 0.2) is 5.82 Å². The van der Waals surface area contributed by atoms with Crippen LogP contribution >= 0.6 is 0 Å². The summed E-state index contributed by atoms with van der Waals surface area (Å²) in [6, 6.07) is 8.04. The summed E-state index contributed by atoms with van der Waals surface area (Å²) in [4.78, 5) is 20.5. The molecule has 1 aliphatic carbocycles. The van der Waals surface area contributed by atoms with Crippen LogP contribution in [0, 0.1) is 12.7 Å². The molecule has 2 N–H and O–H groups in total. The third-order valence-corrected chi connectivity index (χ3v) is 7.73. The molecule has 1 aromatic carbocycles. The number of hydrogen-bond donors (Lipinski definition) is 2. The minimum absolute atomic E-state index is 0.00320. The van der Waals surface area contributed by atoms with E-state index in [1.807, 2.05) is 24.4 Å². The first-order chi connectivity index (χ1) is 17.0. The second-order valence-corrected chi connectivity index (χ2v) is 9.83. The van der Waals surface area contributed by atoms with Gasteiger partial charge in [-0.25, -0.2) is 19.3 Å². The highest BCUT2D eigenvalue weighted by atomic mass is 19.1. The zero-order valence-corrected chi connectivity index (χ0v) is 20.2. The van der Waals surface area contributed by atoms with Gasteiger partial charge in [-0.2, -0.15) is 0 Å². The van der Waals surface area contributed by atoms with Crippen molar-refractivity contribution in [1.82, 2.24) is 20.3 Å². The van der Waals surface area contributed by atoms with Crippen LogP contribution < -0.4 is 15.5 Å². The monoisotopic (exact) mass is 471 g/mol. The number of aromatic nitrogens is 3. The smallest absolute Gasteiger partial charge is 0.229 e. The molecule has 0 amide bonds. The van der Waals surface area contributed by atoms with Crippen LogP contribution in [-0.4, -0.2) is 46.8 Å². The topological polar surface area (TPSA) is 78.3 Å². The van der Waals surface area contributed by atoms with Gasteiger partial charge in [0.2, 0.25) is 5.95 Å². The summed E-state index contributed by atoms with van der Waals surface area (Å²) in [6.07, 6.45) is 7.69. The number of hydrogen-bond acceptors (Lipinski definition) is 7. The second kappa shape index (κ2) is 8.68. The van der Waals surface area contributed by atoms with Gasteiger partial charge >= 0.3 is 0 Å². The number of anilines is 3. The van der Waals surface area contributed by atoms with Crippen LogP contribution in [-0.2, 0) is 5.41 Å². The van der Waals surface area contributed by atoms with Crippen molar-refractivity contribution < 1.29 is 4.39 Å². The highest BCUT2D eigenvalue weighted by Gasteiger charge is 2.44. The SMILES string of the molecule is CC1=Nc2c(C)cc(-c3nc(Nc4ccc(N5CCNCC5)cn4)ncc3F)cc2C12CCCC2. The number of halogens is 1. The molecule has 2 fully saturated rings. The van der Waals surface area contributed by atoms with Crippen molar-refractivity contribution in [3.8, 4) is 11.3 Å². The number of benzene rings is 1. The lowest BCUT2D eigenvalue weighted by Gasteiger charge is -2.29. The molecule has 0 unspecified atom stereocenters. The van der Waals surface area contributed by atoms with E-state index in [-0.39, 0.29) is 5.41 Å². The quantitative estimate of drug-likeness (QED) is 0.554. The van der Waals surface area contributed by atoms with Crippen molar-refractivity contribution >= 4 is 28.9 Å². The van der Waals surface area contributed by atoms with Gasteiger partial charge in [-0.05, 0) is 62.1 Å². The highest BCUT2D eigenvalue weighted by molar-refractivity contribution is 6.01. The standard InChI is InChI=1S/C27H30FN7/c1-17-13-19(14-21-24(17)32-18(2)27(21)7-3-4-8-27)25-22(28)16-31-26(34-25)33-23-6-5-20(15-30-23)35-11-9-29-10-12-35/h5-6,13-16,29H,3-4,7-12H2,1-2H3,(H,30,31,33,34). The van der Waals surface area contributed by atoms with E-state index in [4.69, 9.17) is 4.99 Å². The van der Waals surface area contributed by atoms with Crippen molar-refractivity contribution in [2.75, 3.05) is 36.4 Å². The molecule has 0 bridgehead atoms. The molecule has 3 aliphatic rings. The predicted molar refractivity (Wildman–Crippen MR) is 138 cm³/mol. The minimum Gasteiger partial charge on any atom is -0.368 e. The van der Waals surface area contributed by atoms with E-state index < -0.39 is 5.82 Å². The maximum atomic E-state index is 15.0. The van der Waals surface area contributed by atoms with Gasteiger partial charge < -0.3 is 15.5 Å². The zero-order chi connectivity index (χ0) is 24.0. The normalized spacial score (nSPS) is 18.6. The van der Waals surface area contributed by atoms with Crippen molar-refractivity contribution in [2.45, 2.75) is 44.9 Å². The Labute approximate surface area is 204 Å². The third-order valence-electron chi connectivity index (χ3n) is 7.73. The van der Waals surface area contributed by atoms with E-state index in [1.165, 1.54) is 30.3 Å². The molecule has 4 heterocycles. The summed E-state index contributed by atoms with van der Waals surface area (Å²) < 4.78 is 15.0. The van der Waals surface area contributed by atoms with E-state index in [2.05, 4.69) is 50.4 Å². The van der Waals surface area contributed by atoms with Gasteiger partial charge in [-0.3, -0.25) is 4.99 Å². The van der Waals surface area contributed by atoms with E-state index in [1.54, 1.807) is 0 Å². The fourth-order valence-electron chi connectivity index (χ4n) is 5.82. The number of pyridine rings is 1. The molecule has 8 heteroatoms. The molecular weight excluding hydrogens is 441 g/mol. The van der Waals surface area contributed by atoms with Crippen LogP contribution in [0.3, 0.4) is 0 Å². The van der Waals surface area contributed by atoms with Gasteiger partial charge in [-0.1, -0.05) is 12.8 Å². The fourth-order valence-corrected chi connectivity index (χ4v) is 5.82. The van der Waals surface area contributed by atoms with E-state index in [0.29, 0.717) is 17.5 Å². The Morgan fingerprint density at radius 3 is 2.57 bits per heavy atom. The molecule has 1 saturated heterocycles. The first-order valence-electron chi connectivity index (χ1n) is 12.5. The molecule has 3 aromatic rings. The molecule has 180 valence electrons. The molecule has 2 aliphatic heterocycles. The van der Waals surface area contributed by atoms with Gasteiger partial charge in [0.1, 0.15) is 11.5 Å². The van der Waals surface area contributed by atoms with E-state index in [9.17, 15) is 4.39 Å². The molecule has 6 rings (SSSR count). The van der Waals surface area contributed by atoms with Gasteiger partial charge in [0, 0.05) is 42.9 Å². The van der Waals surface area contributed by atoms with Crippen LogP contribution in [0.4, 0.5) is 27.5 Å². The summed E-state index contributed by atoms with van der Waals surface area (Å²) in [5, 5.41) is 6.50. The molecule has 0 radical (unpaired) electrons. The van der Waals surface area contributed by atoms with Crippen molar-refractivity contribution in [1.29, 1.82) is 0 Å². The lowest BCUT2D eigenvalue weighted by molar-refractivity contribution is 0.589. The Bertz CT molecular complexity index is 1290. The summed E-state index contributed by atoms with van der Waals surface area (Å²) in [5.74, 6) is 0.513. The predicted octanol–water partition coefficient (Wildman–Crippen LogP) is 5.06. The summed E-state index contributed by atoms with van der Waals surface area (Å²) >= 11 is 0. The molecule has 1 spiro atoms. The van der Waals surface area contributed by atoms with Crippen LogP contribution in [0.5, 0.6) is 0 Å². The van der Waals surface area contributed by atoms with E-state index in [0.717, 1.165) is 61.5 Å². The molecule has 1 saturated carbocycles. The number of fused-ring (bicyclic) bond motifs is 2. The fraction of sp³-hybridized carbons (Fsp3) is 0.407. The van der Waals surface area contributed by atoms with Gasteiger partial charge in [-0.15, -0.1) is 0 Å². The van der Waals surface area contributed by atoms with Gasteiger partial charge in [0.25, 0.3) is 0 Å². The first-order valence-corrected chi connectivity index (χ1v) is 12.5. The zero-order valence-electron chi connectivity index (χ0n) is 20.2. The van der Waals surface area contributed by atoms with Crippen LogP contribution in [0.1, 0.15) is 43.7 Å². The Morgan fingerprint density at radius 2 is 1.83 bits per heavy atom. The first kappa shape index (κ1) is 22.1. The maximum Gasteiger partial charge on any atom is 0.229 e. The van der Waals surface area contributed by atoms with Crippen molar-refractivity contribution in [2.24, 2.45) is 4.99 Å². The molecule has 0 atom stereocenters. The molecule has 2 aromatic heterocycles. The lowest BCUT2D eigenvalue weighted by atomic mass is 9.75. The molecule has 35 heavy (non-hydrogen) atoms. The Balaban J connectivity index is 1.29. The summed E-state index contributed by atoms with van der Waals surface area (Å²) in [5.41, 5.74) is 6.66. The van der Waals surface area contributed by atoms with Crippen LogP contribution in [0.2, 0.25) is 0 Å². The number of nitrogens with one attached hydrogen (secondary N) is 2. The molecule has 7 nitrogen and oxygen atoms in total. The highest BCUT2D eigenvalue weighted by Crippen LogP contribution is 2.52. The maximum absolute atomic E-state index is 15.0. The Hall–Kier alpha value is -3.39. The largest absolute Gasteiger partial charge is 0.368 e. The average molecular weight is 472 g/mol. The van der Waals surface area contributed by atoms with E-state index >= 15 is 0 Å². The van der Waals surface area contributed by atoms with Gasteiger partial charge in [0.05, 0.1) is 23.8 Å². The second-order valence-electron chi connectivity index (χ2n) is 9.83. The third kappa shape index (κ3) is 3.86. The number of aryl methyl sites for hydroxylation is 1. The summed E-state index contributed by atoms with van der Waals surface area (Å²) in [7, 11) is 0. The number of nitrogens with zero attached hydrogens (tertiary/aromatic N) is 5. The lowest BCUT2D eigenvalue weighted by Crippen LogP contribution is -2.43. The molecular formula is C27H30FN7. The number of rotatable bonds is 4. The number of aliphatic imine (C=N–C) groups is 1. The van der Waals surface area contributed by atoms with Crippen LogP contribution in [0.15, 0.2) is 41.7 Å². The Morgan fingerprint density at radius 1 is 1.03 bits per heavy atom. The average Bonchev–Trinajstić information content (AvgIpc) is 3.48.